The first-order valence-corrected chi connectivity index (χ1v) is 5.06. The average Bonchev–Trinajstić information content (AvgIpc) is 2.21. The van der Waals surface area contributed by atoms with E-state index in [9.17, 15) is 4.79 Å². The van der Waals surface area contributed by atoms with Crippen molar-refractivity contribution < 1.29 is 9.53 Å². The van der Waals surface area contributed by atoms with Gasteiger partial charge in [0.2, 0.25) is 0 Å². The van der Waals surface area contributed by atoms with Crippen LogP contribution < -0.4 is 5.32 Å². The van der Waals surface area contributed by atoms with E-state index in [1.54, 1.807) is 7.05 Å². The Morgan fingerprint density at radius 1 is 1.47 bits per heavy atom. The van der Waals surface area contributed by atoms with Gasteiger partial charge in [0.1, 0.15) is 6.10 Å². The predicted molar refractivity (Wildman–Crippen MR) is 59.9 cm³/mol. The van der Waals surface area contributed by atoms with Crippen LogP contribution in [0.25, 0.3) is 0 Å². The summed E-state index contributed by atoms with van der Waals surface area (Å²) in [5, 5.41) is 2.44. The van der Waals surface area contributed by atoms with Gasteiger partial charge < -0.3 is 10.1 Å². The molecule has 0 fully saturated rings. The van der Waals surface area contributed by atoms with E-state index in [2.05, 4.69) is 24.4 Å². The monoisotopic (exact) mass is 207 g/mol. The van der Waals surface area contributed by atoms with Crippen molar-refractivity contribution in [3.05, 3.63) is 35.4 Å². The van der Waals surface area contributed by atoms with Crippen LogP contribution in [0.2, 0.25) is 0 Å². The molecular weight excluding hydrogens is 190 g/mol. The third-order valence-electron chi connectivity index (χ3n) is 2.28. The Labute approximate surface area is 90.4 Å². The molecule has 1 N–H and O–H groups in total. The number of hydrogen-bond donors (Lipinski definition) is 1. The summed E-state index contributed by atoms with van der Waals surface area (Å²) in [6.45, 7) is 3.95. The van der Waals surface area contributed by atoms with Crippen molar-refractivity contribution >= 4 is 6.09 Å². The van der Waals surface area contributed by atoms with Crippen molar-refractivity contribution in [1.29, 1.82) is 0 Å². The van der Waals surface area contributed by atoms with E-state index in [-0.39, 0.29) is 12.2 Å². The normalized spacial score (nSPS) is 11.9. The zero-order valence-corrected chi connectivity index (χ0v) is 9.41. The van der Waals surface area contributed by atoms with Gasteiger partial charge in [-0.1, -0.05) is 24.3 Å². The topological polar surface area (TPSA) is 38.3 Å². The lowest BCUT2D eigenvalue weighted by atomic mass is 10.0. The van der Waals surface area contributed by atoms with Crippen LogP contribution in [-0.4, -0.2) is 19.2 Å². The van der Waals surface area contributed by atoms with Crippen LogP contribution in [-0.2, 0) is 11.2 Å². The van der Waals surface area contributed by atoms with Crippen molar-refractivity contribution in [1.82, 2.24) is 5.32 Å². The van der Waals surface area contributed by atoms with Gasteiger partial charge in [0, 0.05) is 13.5 Å². The number of rotatable bonds is 3. The Morgan fingerprint density at radius 3 is 2.73 bits per heavy atom. The van der Waals surface area contributed by atoms with Crippen molar-refractivity contribution in [2.45, 2.75) is 26.4 Å². The van der Waals surface area contributed by atoms with Gasteiger partial charge in [0.05, 0.1) is 0 Å². The largest absolute Gasteiger partial charge is 0.446 e. The van der Waals surface area contributed by atoms with Crippen LogP contribution in [0.4, 0.5) is 4.79 Å². The van der Waals surface area contributed by atoms with Crippen molar-refractivity contribution in [2.75, 3.05) is 7.05 Å². The quantitative estimate of drug-likeness (QED) is 0.825. The lowest BCUT2D eigenvalue weighted by molar-refractivity contribution is 0.109. The number of alkyl carbamates (subject to hydrolysis) is 1. The van der Waals surface area contributed by atoms with Gasteiger partial charge in [-0.05, 0) is 25.0 Å². The first kappa shape index (κ1) is 11.6. The summed E-state index contributed by atoms with van der Waals surface area (Å²) in [4.78, 5) is 11.0. The maximum Gasteiger partial charge on any atom is 0.407 e. The van der Waals surface area contributed by atoms with Crippen LogP contribution >= 0.6 is 0 Å². The number of amides is 1. The van der Waals surface area contributed by atoms with E-state index >= 15 is 0 Å². The van der Waals surface area contributed by atoms with Gasteiger partial charge in [0.15, 0.2) is 0 Å². The molecule has 0 radical (unpaired) electrons. The smallest absolute Gasteiger partial charge is 0.407 e. The lowest BCUT2D eigenvalue weighted by Crippen LogP contribution is -2.25. The second-order valence-electron chi connectivity index (χ2n) is 3.60. The second kappa shape index (κ2) is 5.39. The van der Waals surface area contributed by atoms with E-state index in [1.165, 1.54) is 11.1 Å². The molecule has 0 aliphatic heterocycles. The summed E-state index contributed by atoms with van der Waals surface area (Å²) in [7, 11) is 1.56. The molecular formula is C12H17NO2. The standard InChI is InChI=1S/C12H17NO2/c1-9-6-4-5-7-11(9)8-10(2)15-12(14)13-3/h4-7,10H,8H2,1-3H3,(H,13,14). The summed E-state index contributed by atoms with van der Waals surface area (Å²) >= 11 is 0. The first-order chi connectivity index (χ1) is 7.13. The molecule has 0 spiro atoms. The molecule has 1 aromatic carbocycles. The fourth-order valence-corrected chi connectivity index (χ4v) is 1.43. The molecule has 3 nitrogen and oxygen atoms in total. The summed E-state index contributed by atoms with van der Waals surface area (Å²) in [5.41, 5.74) is 2.44. The summed E-state index contributed by atoms with van der Waals surface area (Å²) in [6.07, 6.45) is 0.266. The van der Waals surface area contributed by atoms with Crippen molar-refractivity contribution in [3.63, 3.8) is 0 Å². The summed E-state index contributed by atoms with van der Waals surface area (Å²) in [6, 6.07) is 8.11. The van der Waals surface area contributed by atoms with Crippen molar-refractivity contribution in [2.24, 2.45) is 0 Å². The molecule has 0 saturated heterocycles. The Morgan fingerprint density at radius 2 is 2.13 bits per heavy atom. The number of benzene rings is 1. The molecule has 1 unspecified atom stereocenters. The molecule has 15 heavy (non-hydrogen) atoms. The second-order valence-corrected chi connectivity index (χ2v) is 3.60. The average molecular weight is 207 g/mol. The van der Waals surface area contributed by atoms with Crippen molar-refractivity contribution in [3.8, 4) is 0 Å². The molecule has 3 heteroatoms. The molecule has 0 aromatic heterocycles. The Kier molecular flexibility index (Phi) is 4.16. The number of aryl methyl sites for hydroxylation is 1. The van der Waals surface area contributed by atoms with E-state index in [0.29, 0.717) is 0 Å². The number of nitrogens with one attached hydrogen (secondary N) is 1. The maximum absolute atomic E-state index is 11.0. The third-order valence-corrected chi connectivity index (χ3v) is 2.28. The molecule has 82 valence electrons. The molecule has 0 bridgehead atoms. The van der Waals surface area contributed by atoms with Gasteiger partial charge in [0.25, 0.3) is 0 Å². The molecule has 0 saturated carbocycles. The fraction of sp³-hybridized carbons (Fsp3) is 0.417. The molecule has 0 aliphatic rings. The summed E-state index contributed by atoms with van der Waals surface area (Å²) < 4.78 is 5.11. The van der Waals surface area contributed by atoms with Crippen LogP contribution in [0.5, 0.6) is 0 Å². The number of ether oxygens (including phenoxy) is 1. The molecule has 0 aliphatic carbocycles. The number of carbonyl (C=O) groups excluding carboxylic acids is 1. The van der Waals surface area contributed by atoms with Crippen LogP contribution in [0.1, 0.15) is 18.1 Å². The van der Waals surface area contributed by atoms with E-state index < -0.39 is 0 Å². The van der Waals surface area contributed by atoms with E-state index in [4.69, 9.17) is 4.74 Å². The maximum atomic E-state index is 11.0. The number of hydrogen-bond acceptors (Lipinski definition) is 2. The van der Waals surface area contributed by atoms with E-state index in [1.807, 2.05) is 19.1 Å². The number of carbonyl (C=O) groups is 1. The highest BCUT2D eigenvalue weighted by Crippen LogP contribution is 2.11. The predicted octanol–water partition coefficient (Wildman–Crippen LogP) is 2.28. The minimum atomic E-state index is -0.379. The van der Waals surface area contributed by atoms with Gasteiger partial charge in [-0.2, -0.15) is 0 Å². The molecule has 1 atom stereocenters. The first-order valence-electron chi connectivity index (χ1n) is 5.06. The highest BCUT2D eigenvalue weighted by atomic mass is 16.6. The Hall–Kier alpha value is -1.51. The molecule has 1 amide bonds. The van der Waals surface area contributed by atoms with Gasteiger partial charge in [-0.15, -0.1) is 0 Å². The highest BCUT2D eigenvalue weighted by molar-refractivity contribution is 5.66. The van der Waals surface area contributed by atoms with E-state index in [0.717, 1.165) is 6.42 Å². The Balaban J connectivity index is 2.55. The van der Waals surface area contributed by atoms with Crippen LogP contribution in [0.15, 0.2) is 24.3 Å². The van der Waals surface area contributed by atoms with Crippen LogP contribution in [0.3, 0.4) is 0 Å². The molecule has 0 heterocycles. The zero-order chi connectivity index (χ0) is 11.3. The highest BCUT2D eigenvalue weighted by Gasteiger charge is 2.09. The summed E-state index contributed by atoms with van der Waals surface area (Å²) in [5.74, 6) is 0. The minimum absolute atomic E-state index is 0.106. The van der Waals surface area contributed by atoms with Gasteiger partial charge in [-0.25, -0.2) is 4.79 Å². The SMILES string of the molecule is CNC(=O)OC(C)Cc1ccccc1C. The van der Waals surface area contributed by atoms with Crippen LogP contribution in [0, 0.1) is 6.92 Å². The minimum Gasteiger partial charge on any atom is -0.446 e. The molecule has 1 rings (SSSR count). The van der Waals surface area contributed by atoms with Gasteiger partial charge >= 0.3 is 6.09 Å². The Bertz CT molecular complexity index is 336. The third kappa shape index (κ3) is 3.62. The fourth-order valence-electron chi connectivity index (χ4n) is 1.43. The zero-order valence-electron chi connectivity index (χ0n) is 9.41. The van der Waals surface area contributed by atoms with Gasteiger partial charge in [-0.3, -0.25) is 0 Å². The lowest BCUT2D eigenvalue weighted by Gasteiger charge is -2.14. The molecule has 1 aromatic rings.